The van der Waals surface area contributed by atoms with Gasteiger partial charge in [-0.05, 0) is 107 Å². The molecule has 0 heterocycles. The van der Waals surface area contributed by atoms with E-state index in [-0.39, 0.29) is 79.1 Å². The minimum atomic E-state index is -0.576. The van der Waals surface area contributed by atoms with Crippen molar-refractivity contribution in [2.45, 2.75) is 131 Å². The Bertz CT molecular complexity index is 1250. The lowest BCUT2D eigenvalue weighted by atomic mass is 9.70. The van der Waals surface area contributed by atoms with E-state index in [9.17, 15) is 28.8 Å². The lowest BCUT2D eigenvalue weighted by Gasteiger charge is -2.40. The Kier molecular flexibility index (Phi) is 20.8. The first-order chi connectivity index (χ1) is 26.3. The predicted molar refractivity (Wildman–Crippen MR) is 210 cm³/mol. The molecule has 0 spiro atoms. The zero-order valence-electron chi connectivity index (χ0n) is 34.6. The molecule has 15 nitrogen and oxygen atoms in total. The highest BCUT2D eigenvalue weighted by molar-refractivity contribution is 5.87. The number of hydrogen-bond acceptors (Lipinski definition) is 11. The van der Waals surface area contributed by atoms with E-state index in [2.05, 4.69) is 62.1 Å². The molecule has 2 fully saturated rings. The molecule has 0 saturated heterocycles. The Morgan fingerprint density at radius 2 is 0.946 bits per heavy atom. The number of amides is 4. The maximum absolute atomic E-state index is 12.5. The third-order valence-corrected chi connectivity index (χ3v) is 9.81. The Morgan fingerprint density at radius 1 is 0.536 bits per heavy atom. The molecular formula is C41H68N4O11. The Balaban J connectivity index is 1.54. The summed E-state index contributed by atoms with van der Waals surface area (Å²) in [7, 11) is 0. The number of carbonyl (C=O) groups is 6. The van der Waals surface area contributed by atoms with Crippen LogP contribution in [0.4, 0.5) is 14.4 Å². The van der Waals surface area contributed by atoms with Crippen molar-refractivity contribution < 1.29 is 52.5 Å². The Labute approximate surface area is 333 Å². The Morgan fingerprint density at radius 3 is 1.43 bits per heavy atom. The summed E-state index contributed by atoms with van der Waals surface area (Å²) in [5.41, 5.74) is 0.568. The highest BCUT2D eigenvalue weighted by Gasteiger charge is 2.36. The van der Waals surface area contributed by atoms with Crippen LogP contribution >= 0.6 is 0 Å². The molecule has 2 saturated carbocycles. The number of esters is 2. The van der Waals surface area contributed by atoms with Crippen LogP contribution in [0.5, 0.6) is 0 Å². The summed E-state index contributed by atoms with van der Waals surface area (Å²) in [6.45, 7) is 20.3. The lowest BCUT2D eigenvalue weighted by molar-refractivity contribution is -0.140. The smallest absolute Gasteiger partial charge is 0.407 e. The number of ether oxygens (including phenoxy) is 5. The first-order valence-corrected chi connectivity index (χ1v) is 20.0. The minimum Gasteiger partial charge on any atom is -0.462 e. The standard InChI is InChI=1S/C41H68N4O11/c1-28(2)35(47)52-17-13-14-34(46)44-32-20-30(22-40(5,6)24-32)26-42-37(49)54-15-11-9-10-12-16-55-38(50)43-27-31-21-33(25-41(7,8)23-31)45-39(51)56-19-18-53-36(48)29(3)4/h30-33H,1,3,9-27H2,2,4-8H3,(H,42,49)(H,43,50)(H,44,46)(H,45,51). The number of hydrogen-bond donors (Lipinski definition) is 4. The fourth-order valence-corrected chi connectivity index (χ4v) is 7.60. The summed E-state index contributed by atoms with van der Waals surface area (Å²) in [5, 5.41) is 11.7. The summed E-state index contributed by atoms with van der Waals surface area (Å²) in [6.07, 6.45) is 7.08. The number of nitrogens with one attached hydrogen (secondary N) is 4. The maximum atomic E-state index is 12.5. The van der Waals surface area contributed by atoms with Crippen molar-refractivity contribution in [1.82, 2.24) is 21.3 Å². The molecule has 4 unspecified atom stereocenters. The zero-order chi connectivity index (χ0) is 41.7. The van der Waals surface area contributed by atoms with Gasteiger partial charge in [-0.25, -0.2) is 24.0 Å². The number of unbranched alkanes of at least 4 members (excludes halogenated alkanes) is 3. The molecule has 4 amide bonds. The predicted octanol–water partition coefficient (Wildman–Crippen LogP) is 6.25. The molecule has 0 aromatic heterocycles. The molecule has 0 radical (unpaired) electrons. The van der Waals surface area contributed by atoms with Gasteiger partial charge < -0.3 is 45.0 Å². The van der Waals surface area contributed by atoms with Crippen molar-refractivity contribution in [3.63, 3.8) is 0 Å². The van der Waals surface area contributed by atoms with E-state index in [4.69, 9.17) is 23.7 Å². The number of alkyl carbamates (subject to hydrolysis) is 3. The molecular weight excluding hydrogens is 724 g/mol. The SMILES string of the molecule is C=C(C)C(=O)OCCCC(=O)NC1CC(CNC(=O)OCCCCCCOC(=O)NCC2CC(NC(=O)OCCOC(=O)C(=C)C)CC(C)(C)C2)CC(C)(C)C1. The van der Waals surface area contributed by atoms with Gasteiger partial charge in [-0.2, -0.15) is 0 Å². The monoisotopic (exact) mass is 792 g/mol. The third-order valence-electron chi connectivity index (χ3n) is 9.81. The average Bonchev–Trinajstić information content (AvgIpc) is 3.09. The van der Waals surface area contributed by atoms with Crippen molar-refractivity contribution in [2.24, 2.45) is 22.7 Å². The molecule has 0 aromatic carbocycles. The van der Waals surface area contributed by atoms with E-state index in [1.54, 1.807) is 13.8 Å². The number of rotatable bonds is 22. The van der Waals surface area contributed by atoms with Gasteiger partial charge in [0.2, 0.25) is 5.91 Å². The van der Waals surface area contributed by atoms with Gasteiger partial charge in [0.1, 0.15) is 13.2 Å². The van der Waals surface area contributed by atoms with E-state index < -0.39 is 30.2 Å². The van der Waals surface area contributed by atoms with Gasteiger partial charge in [0.05, 0.1) is 19.8 Å². The van der Waals surface area contributed by atoms with Crippen molar-refractivity contribution in [2.75, 3.05) is 46.1 Å². The van der Waals surface area contributed by atoms with Gasteiger partial charge in [0.25, 0.3) is 0 Å². The zero-order valence-corrected chi connectivity index (χ0v) is 34.6. The highest BCUT2D eigenvalue weighted by Crippen LogP contribution is 2.39. The molecule has 0 aliphatic heterocycles. The summed E-state index contributed by atoms with van der Waals surface area (Å²) in [4.78, 5) is 72.5. The van der Waals surface area contributed by atoms with Crippen LogP contribution in [0.15, 0.2) is 24.3 Å². The second-order valence-corrected chi connectivity index (χ2v) is 17.0. The largest absolute Gasteiger partial charge is 0.462 e. The van der Waals surface area contributed by atoms with Gasteiger partial charge in [0, 0.05) is 42.7 Å². The molecule has 2 rings (SSSR count). The molecule has 56 heavy (non-hydrogen) atoms. The van der Waals surface area contributed by atoms with Crippen molar-refractivity contribution in [3.05, 3.63) is 24.3 Å². The second-order valence-electron chi connectivity index (χ2n) is 17.0. The molecule has 2 aliphatic rings. The first-order valence-electron chi connectivity index (χ1n) is 20.0. The maximum Gasteiger partial charge on any atom is 0.407 e. The van der Waals surface area contributed by atoms with Crippen LogP contribution in [0.1, 0.15) is 119 Å². The molecule has 0 aromatic rings. The van der Waals surface area contributed by atoms with E-state index in [1.165, 1.54) is 0 Å². The first kappa shape index (κ1) is 47.9. The Hall–Kier alpha value is -4.30. The van der Waals surface area contributed by atoms with Gasteiger partial charge in [0.15, 0.2) is 0 Å². The summed E-state index contributed by atoms with van der Waals surface area (Å²) >= 11 is 0. The molecule has 4 atom stereocenters. The van der Waals surface area contributed by atoms with Crippen LogP contribution < -0.4 is 21.3 Å². The van der Waals surface area contributed by atoms with E-state index in [0.29, 0.717) is 51.0 Å². The highest BCUT2D eigenvalue weighted by atomic mass is 16.6. The van der Waals surface area contributed by atoms with Crippen LogP contribution in [0.3, 0.4) is 0 Å². The molecule has 318 valence electrons. The quantitative estimate of drug-likeness (QED) is 0.0419. The molecule has 4 N–H and O–H groups in total. The minimum absolute atomic E-state index is 0.00133. The van der Waals surface area contributed by atoms with Crippen LogP contribution in [-0.4, -0.2) is 94.3 Å². The van der Waals surface area contributed by atoms with Gasteiger partial charge >= 0.3 is 30.2 Å². The van der Waals surface area contributed by atoms with Crippen molar-refractivity contribution in [3.8, 4) is 0 Å². The van der Waals surface area contributed by atoms with Crippen LogP contribution in [0, 0.1) is 22.7 Å². The molecule has 15 heteroatoms. The lowest BCUT2D eigenvalue weighted by Crippen LogP contribution is -2.46. The summed E-state index contributed by atoms with van der Waals surface area (Å²) in [5.74, 6) is -0.723. The fourth-order valence-electron chi connectivity index (χ4n) is 7.60. The van der Waals surface area contributed by atoms with E-state index in [0.717, 1.165) is 44.9 Å². The van der Waals surface area contributed by atoms with Crippen LogP contribution in [0.25, 0.3) is 0 Å². The second kappa shape index (κ2) is 24.4. The van der Waals surface area contributed by atoms with Gasteiger partial charge in [-0.1, -0.05) is 40.9 Å². The fraction of sp³-hybridized carbons (Fsp3) is 0.756. The van der Waals surface area contributed by atoms with E-state index in [1.807, 2.05) is 0 Å². The van der Waals surface area contributed by atoms with Gasteiger partial charge in [-0.3, -0.25) is 4.79 Å². The third kappa shape index (κ3) is 21.1. The number of carbonyl (C=O) groups excluding carboxylic acids is 6. The molecule has 0 bridgehead atoms. The normalized spacial score (nSPS) is 21.0. The van der Waals surface area contributed by atoms with Crippen LogP contribution in [-0.2, 0) is 38.1 Å². The van der Waals surface area contributed by atoms with E-state index >= 15 is 0 Å². The van der Waals surface area contributed by atoms with Gasteiger partial charge in [-0.15, -0.1) is 0 Å². The summed E-state index contributed by atoms with van der Waals surface area (Å²) < 4.78 is 25.9. The van der Waals surface area contributed by atoms with Crippen molar-refractivity contribution >= 4 is 36.1 Å². The topological polar surface area (TPSA) is 197 Å². The molecule has 2 aliphatic carbocycles. The summed E-state index contributed by atoms with van der Waals surface area (Å²) in [6, 6.07) is -0.119. The van der Waals surface area contributed by atoms with Crippen LogP contribution in [0.2, 0.25) is 0 Å². The average molecular weight is 793 g/mol. The van der Waals surface area contributed by atoms with Crippen molar-refractivity contribution in [1.29, 1.82) is 0 Å².